The summed E-state index contributed by atoms with van der Waals surface area (Å²) in [6.07, 6.45) is 7.98. The minimum Gasteiger partial charge on any atom is -0.348 e. The lowest BCUT2D eigenvalue weighted by atomic mass is 9.98. The number of H-pyrrole nitrogens is 1. The summed E-state index contributed by atoms with van der Waals surface area (Å²) in [6, 6.07) is 6.36. The minimum atomic E-state index is -0.241. The molecule has 1 fully saturated rings. The Labute approximate surface area is 145 Å². The lowest BCUT2D eigenvalue weighted by Gasteiger charge is -2.31. The van der Waals surface area contributed by atoms with Crippen LogP contribution in [0.1, 0.15) is 18.7 Å². The first-order valence-corrected chi connectivity index (χ1v) is 8.63. The van der Waals surface area contributed by atoms with Gasteiger partial charge in [-0.1, -0.05) is 5.21 Å². The van der Waals surface area contributed by atoms with E-state index in [2.05, 4.69) is 25.2 Å². The lowest BCUT2D eigenvalue weighted by molar-refractivity contribution is 0.150. The van der Waals surface area contributed by atoms with Gasteiger partial charge in [-0.25, -0.2) is 9.37 Å². The van der Waals surface area contributed by atoms with Crippen LogP contribution >= 0.6 is 0 Å². The molecule has 3 aromatic rings. The van der Waals surface area contributed by atoms with E-state index in [1.807, 2.05) is 17.1 Å². The van der Waals surface area contributed by atoms with E-state index in [9.17, 15) is 4.39 Å². The molecule has 6 nitrogen and oxygen atoms in total. The molecule has 1 saturated heterocycles. The summed E-state index contributed by atoms with van der Waals surface area (Å²) in [7, 11) is 0. The number of likely N-dealkylation sites (tertiary alicyclic amines) is 1. The quantitative estimate of drug-likeness (QED) is 0.776. The van der Waals surface area contributed by atoms with Crippen LogP contribution in [0, 0.1) is 11.7 Å². The van der Waals surface area contributed by atoms with Crippen LogP contribution in [0.15, 0.2) is 42.9 Å². The van der Waals surface area contributed by atoms with E-state index in [-0.39, 0.29) is 5.82 Å². The van der Waals surface area contributed by atoms with Gasteiger partial charge in [0.1, 0.15) is 17.3 Å². The zero-order valence-corrected chi connectivity index (χ0v) is 14.0. The first-order valence-electron chi connectivity index (χ1n) is 8.63. The Kier molecular flexibility index (Phi) is 4.56. The molecule has 1 aliphatic rings. The molecule has 25 heavy (non-hydrogen) atoms. The first kappa shape index (κ1) is 16.0. The van der Waals surface area contributed by atoms with Crippen molar-refractivity contribution in [2.45, 2.75) is 25.9 Å². The zero-order valence-electron chi connectivity index (χ0n) is 14.0. The molecule has 2 aromatic heterocycles. The molecule has 0 aliphatic carbocycles. The van der Waals surface area contributed by atoms with Gasteiger partial charge in [0, 0.05) is 31.0 Å². The number of imidazole rings is 1. The molecule has 7 heteroatoms. The van der Waals surface area contributed by atoms with Gasteiger partial charge in [-0.2, -0.15) is 0 Å². The molecule has 1 aromatic carbocycles. The van der Waals surface area contributed by atoms with Crippen LogP contribution in [0.2, 0.25) is 0 Å². The largest absolute Gasteiger partial charge is 0.348 e. The molecule has 1 N–H and O–H groups in total. The first-order chi connectivity index (χ1) is 12.3. The van der Waals surface area contributed by atoms with Gasteiger partial charge in [0.05, 0.1) is 12.7 Å². The third-order valence-electron chi connectivity index (χ3n) is 4.66. The molecule has 1 aliphatic heterocycles. The van der Waals surface area contributed by atoms with Crippen molar-refractivity contribution < 1.29 is 4.39 Å². The standard InChI is InChI=1S/C18H21FN6/c19-16-5-3-15(4-6-16)17-12-25(23-22-17)11-14-2-1-9-24(10-14)13-18-20-7-8-21-18/h3-8,12,14H,1-2,9-11,13H2,(H,20,21)/t14-/m0/s1. The van der Waals surface area contributed by atoms with E-state index in [1.54, 1.807) is 18.3 Å². The number of nitrogens with one attached hydrogen (secondary N) is 1. The van der Waals surface area contributed by atoms with Gasteiger partial charge in [0.2, 0.25) is 0 Å². The maximum absolute atomic E-state index is 13.0. The van der Waals surface area contributed by atoms with Gasteiger partial charge in [0.25, 0.3) is 0 Å². The second-order valence-corrected chi connectivity index (χ2v) is 6.61. The van der Waals surface area contributed by atoms with Crippen molar-refractivity contribution in [3.63, 3.8) is 0 Å². The van der Waals surface area contributed by atoms with Crippen LogP contribution in [-0.4, -0.2) is 43.0 Å². The average molecular weight is 340 g/mol. The van der Waals surface area contributed by atoms with Crippen LogP contribution in [-0.2, 0) is 13.1 Å². The highest BCUT2D eigenvalue weighted by Crippen LogP contribution is 2.21. The molecule has 130 valence electrons. The number of nitrogens with zero attached hydrogens (tertiary/aromatic N) is 5. The third-order valence-corrected chi connectivity index (χ3v) is 4.66. The molecule has 0 unspecified atom stereocenters. The van der Waals surface area contributed by atoms with Gasteiger partial charge < -0.3 is 4.98 Å². The third kappa shape index (κ3) is 3.93. The maximum Gasteiger partial charge on any atom is 0.123 e. The average Bonchev–Trinajstić information content (AvgIpc) is 3.28. The summed E-state index contributed by atoms with van der Waals surface area (Å²) in [5.74, 6) is 1.32. The topological polar surface area (TPSA) is 62.6 Å². The van der Waals surface area contributed by atoms with Crippen molar-refractivity contribution in [2.24, 2.45) is 5.92 Å². The number of hydrogen-bond donors (Lipinski definition) is 1. The van der Waals surface area contributed by atoms with Gasteiger partial charge in [-0.15, -0.1) is 5.10 Å². The maximum atomic E-state index is 13.0. The van der Waals surface area contributed by atoms with E-state index < -0.39 is 0 Å². The van der Waals surface area contributed by atoms with E-state index in [0.29, 0.717) is 5.92 Å². The van der Waals surface area contributed by atoms with E-state index >= 15 is 0 Å². The van der Waals surface area contributed by atoms with Crippen LogP contribution in [0.5, 0.6) is 0 Å². The molecule has 0 bridgehead atoms. The van der Waals surface area contributed by atoms with Gasteiger partial charge in [-0.3, -0.25) is 9.58 Å². The van der Waals surface area contributed by atoms with Crippen LogP contribution in [0.3, 0.4) is 0 Å². The van der Waals surface area contributed by atoms with Crippen molar-refractivity contribution in [3.05, 3.63) is 54.5 Å². The lowest BCUT2D eigenvalue weighted by Crippen LogP contribution is -2.36. The van der Waals surface area contributed by atoms with E-state index in [1.165, 1.54) is 25.0 Å². The highest BCUT2D eigenvalue weighted by molar-refractivity contribution is 5.57. The molecule has 0 spiro atoms. The second-order valence-electron chi connectivity index (χ2n) is 6.61. The Morgan fingerprint density at radius 3 is 2.92 bits per heavy atom. The molecule has 3 heterocycles. The SMILES string of the molecule is Fc1ccc(-c2cn(C[C@H]3CCCN(Cc4ncc[nH]4)C3)nn2)cc1. The highest BCUT2D eigenvalue weighted by Gasteiger charge is 2.21. The molecular weight excluding hydrogens is 319 g/mol. The summed E-state index contributed by atoms with van der Waals surface area (Å²) in [4.78, 5) is 9.91. The Morgan fingerprint density at radius 1 is 1.24 bits per heavy atom. The molecule has 0 amide bonds. The van der Waals surface area contributed by atoms with Crippen molar-refractivity contribution >= 4 is 0 Å². The summed E-state index contributed by atoms with van der Waals surface area (Å²) in [6.45, 7) is 3.85. The number of hydrogen-bond acceptors (Lipinski definition) is 4. The van der Waals surface area contributed by atoms with Crippen LogP contribution < -0.4 is 0 Å². The summed E-state index contributed by atoms with van der Waals surface area (Å²) in [5.41, 5.74) is 1.67. The van der Waals surface area contributed by atoms with Gasteiger partial charge in [0.15, 0.2) is 0 Å². The summed E-state index contributed by atoms with van der Waals surface area (Å²) < 4.78 is 14.9. The molecule has 0 saturated carbocycles. The Balaban J connectivity index is 1.37. The molecule has 1 atom stereocenters. The van der Waals surface area contributed by atoms with Crippen molar-refractivity contribution in [1.82, 2.24) is 29.9 Å². The van der Waals surface area contributed by atoms with E-state index in [4.69, 9.17) is 0 Å². The zero-order chi connectivity index (χ0) is 17.1. The number of rotatable bonds is 5. The number of aromatic nitrogens is 5. The fraction of sp³-hybridized carbons (Fsp3) is 0.389. The molecular formula is C18H21FN6. The smallest absolute Gasteiger partial charge is 0.123 e. The van der Waals surface area contributed by atoms with Gasteiger partial charge >= 0.3 is 0 Å². The van der Waals surface area contributed by atoms with Crippen LogP contribution in [0.4, 0.5) is 4.39 Å². The van der Waals surface area contributed by atoms with Crippen LogP contribution in [0.25, 0.3) is 11.3 Å². The predicted octanol–water partition coefficient (Wildman–Crippen LogP) is 2.72. The Morgan fingerprint density at radius 2 is 2.12 bits per heavy atom. The fourth-order valence-electron chi connectivity index (χ4n) is 3.45. The van der Waals surface area contributed by atoms with Crippen molar-refractivity contribution in [3.8, 4) is 11.3 Å². The van der Waals surface area contributed by atoms with Crippen molar-refractivity contribution in [1.29, 1.82) is 0 Å². The Bertz CT molecular complexity index is 795. The number of piperidine rings is 1. The summed E-state index contributed by atoms with van der Waals surface area (Å²) >= 11 is 0. The fourth-order valence-corrected chi connectivity index (χ4v) is 3.45. The molecule has 0 radical (unpaired) electrons. The predicted molar refractivity (Wildman–Crippen MR) is 92.0 cm³/mol. The monoisotopic (exact) mass is 340 g/mol. The number of aromatic amines is 1. The highest BCUT2D eigenvalue weighted by atomic mass is 19.1. The number of benzene rings is 1. The summed E-state index contributed by atoms with van der Waals surface area (Å²) in [5, 5.41) is 8.47. The normalized spacial score (nSPS) is 18.5. The molecule has 4 rings (SSSR count). The Hall–Kier alpha value is -2.54. The minimum absolute atomic E-state index is 0.241. The van der Waals surface area contributed by atoms with E-state index in [0.717, 1.165) is 43.3 Å². The number of halogens is 1. The van der Waals surface area contributed by atoms with Crippen molar-refractivity contribution in [2.75, 3.05) is 13.1 Å². The van der Waals surface area contributed by atoms with Gasteiger partial charge in [-0.05, 0) is 49.6 Å². The second kappa shape index (κ2) is 7.14.